The number of methoxy groups -OCH3 is 1. The number of hydrazone groups is 1. The number of amidine groups is 2. The van der Waals surface area contributed by atoms with Gasteiger partial charge in [-0.25, -0.2) is 8.42 Å². The number of ether oxygens (including phenoxy) is 3. The fraction of sp³-hybridized carbons (Fsp3) is 0.250. The molecule has 0 atom stereocenters. The maximum atomic E-state index is 12.6. The largest absolute Gasteiger partial charge is 0.493 e. The highest BCUT2D eigenvalue weighted by atomic mass is 32.3. The fourth-order valence-electron chi connectivity index (χ4n) is 3.30. The van der Waals surface area contributed by atoms with Crippen molar-refractivity contribution < 1.29 is 27.4 Å². The molecule has 1 N–H and O–H groups in total. The minimum Gasteiger partial charge on any atom is -0.493 e. The molecule has 4 rings (SSSR count). The van der Waals surface area contributed by atoms with Gasteiger partial charge in [-0.15, -0.1) is 5.10 Å². The first kappa shape index (κ1) is 25.5. The number of nitrogens with zero attached hydrogens (tertiary/aromatic N) is 3. The summed E-state index contributed by atoms with van der Waals surface area (Å²) < 4.78 is 40.4. The first-order valence-electron chi connectivity index (χ1n) is 10.8. The molecule has 0 unspecified atom stereocenters. The molecule has 0 saturated heterocycles. The molecule has 36 heavy (non-hydrogen) atoms. The molecular weight excluding hydrogens is 504 g/mol. The number of hydrogen-bond acceptors (Lipinski definition) is 9. The average molecular weight is 529 g/mol. The van der Waals surface area contributed by atoms with Crippen LogP contribution in [0.15, 0.2) is 52.1 Å². The number of sulfone groups is 1. The van der Waals surface area contributed by atoms with Gasteiger partial charge in [0.2, 0.25) is 19.4 Å². The number of carbonyl (C=O) groups is 1. The Kier molecular flexibility index (Phi) is 7.18. The summed E-state index contributed by atoms with van der Waals surface area (Å²) in [5, 5.41) is 13.4. The fourth-order valence-corrected chi connectivity index (χ4v) is 4.98. The second-order valence-electron chi connectivity index (χ2n) is 8.01. The van der Waals surface area contributed by atoms with E-state index in [1.54, 1.807) is 18.2 Å². The number of amides is 1. The monoisotopic (exact) mass is 528 g/mol. The number of thioether (sulfide) groups is 1. The van der Waals surface area contributed by atoms with E-state index >= 15 is 0 Å². The van der Waals surface area contributed by atoms with Gasteiger partial charge in [-0.3, -0.25) is 10.2 Å². The molecule has 0 bridgehead atoms. The number of nitrogens with one attached hydrogen (secondary N) is 1. The van der Waals surface area contributed by atoms with Crippen LogP contribution >= 0.6 is 11.8 Å². The summed E-state index contributed by atoms with van der Waals surface area (Å²) >= 11 is 0.737. The highest BCUT2D eigenvalue weighted by molar-refractivity contribution is 8.42. The van der Waals surface area contributed by atoms with Crippen LogP contribution in [0.2, 0.25) is 0 Å². The van der Waals surface area contributed by atoms with Gasteiger partial charge in [0.05, 0.1) is 12.7 Å². The van der Waals surface area contributed by atoms with Crippen LogP contribution in [0.3, 0.4) is 0 Å². The van der Waals surface area contributed by atoms with Crippen molar-refractivity contribution in [1.29, 1.82) is 5.41 Å². The van der Waals surface area contributed by atoms with E-state index in [2.05, 4.69) is 10.1 Å². The van der Waals surface area contributed by atoms with Crippen molar-refractivity contribution in [3.63, 3.8) is 0 Å². The van der Waals surface area contributed by atoms with Crippen molar-refractivity contribution in [3.05, 3.63) is 58.7 Å². The molecule has 10 nitrogen and oxygen atoms in total. The van der Waals surface area contributed by atoms with Crippen LogP contribution in [-0.2, 0) is 14.6 Å². The van der Waals surface area contributed by atoms with Gasteiger partial charge in [-0.05, 0) is 72.6 Å². The number of aliphatic imine (C=N–C) groups is 1. The van der Waals surface area contributed by atoms with Crippen LogP contribution in [0, 0.1) is 19.3 Å². The Balaban J connectivity index is 1.45. The standard InChI is InChI=1S/C24H24N4O6S2/c1-14-5-7-17(11-15(14)2)33-9-10-34-19-8-6-16(13-20(19)32-3)12-18-21(25)28-23(26-22(18)29)35-24(27-28)36(4,30)31/h5-8,11-13,25H,9-10H2,1-4H3. The molecule has 188 valence electrons. The first-order chi connectivity index (χ1) is 17.1. The van der Waals surface area contributed by atoms with Crippen molar-refractivity contribution in [2.24, 2.45) is 10.1 Å². The lowest BCUT2D eigenvalue weighted by Gasteiger charge is -2.20. The number of aryl methyl sites for hydroxylation is 2. The number of rotatable bonds is 7. The lowest BCUT2D eigenvalue weighted by atomic mass is 10.1. The van der Waals surface area contributed by atoms with Crippen molar-refractivity contribution >= 4 is 49.0 Å². The van der Waals surface area contributed by atoms with Crippen LogP contribution < -0.4 is 14.2 Å². The molecule has 2 aromatic rings. The van der Waals surface area contributed by atoms with Gasteiger partial charge in [-0.1, -0.05) is 12.1 Å². The molecular formula is C24H24N4O6S2. The van der Waals surface area contributed by atoms with E-state index in [-0.39, 0.29) is 27.6 Å². The highest BCUT2D eigenvalue weighted by Gasteiger charge is 2.38. The van der Waals surface area contributed by atoms with Gasteiger partial charge in [0, 0.05) is 6.26 Å². The van der Waals surface area contributed by atoms with E-state index in [0.717, 1.165) is 34.3 Å². The molecule has 2 aromatic carbocycles. The SMILES string of the molecule is COc1cc(C=C2C(=N)N3N=C(S(C)(=O)=O)SC3=NC2=O)ccc1OCCOc1ccc(C)c(C)c1. The summed E-state index contributed by atoms with van der Waals surface area (Å²) in [6.07, 6.45) is 2.48. The highest BCUT2D eigenvalue weighted by Crippen LogP contribution is 2.32. The van der Waals surface area contributed by atoms with E-state index < -0.39 is 15.7 Å². The summed E-state index contributed by atoms with van der Waals surface area (Å²) in [5.41, 5.74) is 2.88. The Hall–Kier alpha value is -3.64. The minimum atomic E-state index is -3.60. The Morgan fingerprint density at radius 1 is 1.06 bits per heavy atom. The summed E-state index contributed by atoms with van der Waals surface area (Å²) in [4.78, 5) is 16.4. The normalized spacial score (nSPS) is 16.6. The molecule has 12 heteroatoms. The van der Waals surface area contributed by atoms with E-state index in [4.69, 9.17) is 19.6 Å². The molecule has 0 spiro atoms. The van der Waals surface area contributed by atoms with E-state index in [0.29, 0.717) is 23.7 Å². The second-order valence-corrected chi connectivity index (χ2v) is 11.2. The zero-order valence-corrected chi connectivity index (χ0v) is 21.7. The molecule has 1 amide bonds. The number of benzene rings is 2. The van der Waals surface area contributed by atoms with E-state index in [9.17, 15) is 13.2 Å². The summed E-state index contributed by atoms with van der Waals surface area (Å²) in [6, 6.07) is 11.0. The Morgan fingerprint density at radius 3 is 2.50 bits per heavy atom. The smallest absolute Gasteiger partial charge is 0.283 e. The first-order valence-corrected chi connectivity index (χ1v) is 13.5. The van der Waals surface area contributed by atoms with Gasteiger partial charge in [0.1, 0.15) is 19.0 Å². The van der Waals surface area contributed by atoms with E-state index in [1.165, 1.54) is 18.7 Å². The third-order valence-corrected chi connectivity index (χ3v) is 7.92. The van der Waals surface area contributed by atoms with Gasteiger partial charge in [0.25, 0.3) is 5.91 Å². The van der Waals surface area contributed by atoms with Crippen molar-refractivity contribution in [1.82, 2.24) is 5.01 Å². The van der Waals surface area contributed by atoms with E-state index in [1.807, 2.05) is 32.0 Å². The lowest BCUT2D eigenvalue weighted by Crippen LogP contribution is -2.35. The van der Waals surface area contributed by atoms with Crippen LogP contribution in [0.4, 0.5) is 0 Å². The minimum absolute atomic E-state index is 0.0321. The van der Waals surface area contributed by atoms with Crippen LogP contribution in [-0.4, -0.2) is 61.3 Å². The predicted octanol–water partition coefficient (Wildman–Crippen LogP) is 3.39. The zero-order chi connectivity index (χ0) is 26.0. The van der Waals surface area contributed by atoms with Crippen molar-refractivity contribution in [2.45, 2.75) is 13.8 Å². The summed E-state index contributed by atoms with van der Waals surface area (Å²) in [7, 11) is -2.10. The Morgan fingerprint density at radius 2 is 1.81 bits per heavy atom. The predicted molar refractivity (Wildman–Crippen MR) is 140 cm³/mol. The molecule has 0 aromatic heterocycles. The lowest BCUT2D eigenvalue weighted by molar-refractivity contribution is -0.114. The molecule has 0 fully saturated rings. The quantitative estimate of drug-likeness (QED) is 0.427. The third kappa shape index (κ3) is 5.44. The maximum absolute atomic E-state index is 12.6. The van der Waals surface area contributed by atoms with Gasteiger partial charge >= 0.3 is 0 Å². The van der Waals surface area contributed by atoms with Gasteiger partial charge in [-0.2, -0.15) is 10.0 Å². The van der Waals surface area contributed by atoms with Crippen LogP contribution in [0.5, 0.6) is 17.2 Å². The number of fused-ring (bicyclic) bond motifs is 1. The molecule has 2 heterocycles. The topological polar surface area (TPSA) is 131 Å². The molecule has 0 radical (unpaired) electrons. The Bertz CT molecular complexity index is 1450. The van der Waals surface area contributed by atoms with Crippen LogP contribution in [0.1, 0.15) is 16.7 Å². The van der Waals surface area contributed by atoms with Crippen molar-refractivity contribution in [3.8, 4) is 17.2 Å². The van der Waals surface area contributed by atoms with Gasteiger partial charge in [0.15, 0.2) is 17.3 Å². The molecule has 2 aliphatic rings. The number of hydrogen-bond donors (Lipinski definition) is 1. The molecule has 2 aliphatic heterocycles. The zero-order valence-electron chi connectivity index (χ0n) is 20.1. The summed E-state index contributed by atoms with van der Waals surface area (Å²) in [5.74, 6) is 0.770. The second kappa shape index (κ2) is 10.2. The number of carbonyl (C=O) groups excluding carboxylic acids is 1. The molecule has 0 aliphatic carbocycles. The van der Waals surface area contributed by atoms with Crippen molar-refractivity contribution in [2.75, 3.05) is 26.6 Å². The maximum Gasteiger partial charge on any atom is 0.283 e. The molecule has 0 saturated carbocycles. The Labute approximate surface area is 213 Å². The van der Waals surface area contributed by atoms with Crippen LogP contribution in [0.25, 0.3) is 6.08 Å². The average Bonchev–Trinajstić information content (AvgIpc) is 3.27. The third-order valence-electron chi connectivity index (χ3n) is 5.34. The summed E-state index contributed by atoms with van der Waals surface area (Å²) in [6.45, 7) is 4.70. The van der Waals surface area contributed by atoms with Gasteiger partial charge < -0.3 is 14.2 Å².